The van der Waals surface area contributed by atoms with Gasteiger partial charge in [-0.3, -0.25) is 9.59 Å². The molecule has 0 aromatic heterocycles. The average molecular weight is 321 g/mol. The molecule has 92 valence electrons. The molecule has 0 amide bonds. The van der Waals surface area contributed by atoms with Crippen LogP contribution in [0.5, 0.6) is 0 Å². The van der Waals surface area contributed by atoms with E-state index in [9.17, 15) is 28.9 Å². The predicted octanol–water partition coefficient (Wildman–Crippen LogP) is 3.07. The van der Waals surface area contributed by atoms with E-state index in [2.05, 4.69) is 0 Å². The van der Waals surface area contributed by atoms with Crippen LogP contribution < -0.4 is 0 Å². The Balaban J connectivity index is 0. The van der Waals surface area contributed by atoms with Crippen molar-refractivity contribution in [1.29, 1.82) is 0 Å². The van der Waals surface area contributed by atoms with E-state index in [-0.39, 0.29) is 11.6 Å². The zero-order valence-electron chi connectivity index (χ0n) is 7.11. The van der Waals surface area contributed by atoms with Gasteiger partial charge in [-0.2, -0.15) is 0 Å². The van der Waals surface area contributed by atoms with Gasteiger partial charge in [0, 0.05) is 13.3 Å². The Morgan fingerprint density at radius 2 is 1.21 bits per heavy atom. The van der Waals surface area contributed by atoms with Crippen molar-refractivity contribution in [1.82, 2.24) is 0 Å². The molecule has 0 unspecified atom stereocenters. The first kappa shape index (κ1) is 16.0. The van der Waals surface area contributed by atoms with Crippen molar-refractivity contribution in [2.24, 2.45) is 0 Å². The molecule has 0 N–H and O–H groups in total. The molecule has 0 radical (unpaired) electrons. The van der Waals surface area contributed by atoms with Gasteiger partial charge in [0.1, 0.15) is 0 Å². The van der Waals surface area contributed by atoms with E-state index in [1.165, 1.54) is 6.92 Å². The number of rotatable bonds is 2. The number of carbonyl (C=O) groups excluding carboxylic acids is 2. The summed E-state index contributed by atoms with van der Waals surface area (Å²) in [5, 5.41) is 0. The number of ketones is 2. The molecule has 2 nitrogen and oxygen atoms in total. The monoisotopic (exact) mass is 320 g/mol. The van der Waals surface area contributed by atoms with Gasteiger partial charge in [0.2, 0.25) is 0 Å². The minimum atomic E-state index is -10.9. The Bertz CT molecular complexity index is 227. The Labute approximate surface area is 77.5 Å². The Hall–Kier alpha value is -0.418. The summed E-state index contributed by atoms with van der Waals surface area (Å²) in [6.07, 6.45) is 0.329. The number of Topliss-reactive ketones (excluding diaryl/α,β-unsaturated/α-hetero) is 2. The first-order valence-electron chi connectivity index (χ1n) is 2.94. The molecule has 0 aromatic carbocycles. The molecule has 0 heterocycles. The molecule has 0 aliphatic rings. The van der Waals surface area contributed by atoms with Crippen molar-refractivity contribution >= 4 is 11.6 Å². The molecule has 0 aliphatic carbocycles. The molecule has 0 aromatic rings. The second kappa shape index (κ2) is 3.62. The zero-order chi connectivity index (χ0) is 12.3. The van der Waals surface area contributed by atoms with Crippen LogP contribution in [-0.2, 0) is 25.8 Å². The van der Waals surface area contributed by atoms with Gasteiger partial charge in [-0.1, -0.05) is 6.92 Å². The van der Waals surface area contributed by atoms with Gasteiger partial charge in [0.25, 0.3) is 0 Å². The van der Waals surface area contributed by atoms with Crippen molar-refractivity contribution in [3.05, 3.63) is 0 Å². The molecule has 0 spiro atoms. The van der Waals surface area contributed by atoms with E-state index >= 15 is 0 Å². The summed E-state index contributed by atoms with van der Waals surface area (Å²) in [7, 11) is 0. The number of hydrogen-bond acceptors (Lipinski definition) is 2. The van der Waals surface area contributed by atoms with Gasteiger partial charge in [0.15, 0.2) is 11.6 Å². The maximum absolute atomic E-state index is 10.9. The maximum atomic E-state index is 10.2. The molecule has 0 fully saturated rings. The number of halogens is 6. The van der Waals surface area contributed by atoms with Crippen molar-refractivity contribution in [3.63, 3.8) is 0 Å². The SMILES string of the molecule is CCC(=O)C(C)=O.[F][Pd]([F])([F])([F])([F])[F]. The van der Waals surface area contributed by atoms with Crippen LogP contribution in [-0.4, -0.2) is 11.6 Å². The summed E-state index contributed by atoms with van der Waals surface area (Å²) < 4.78 is 59.4. The van der Waals surface area contributed by atoms with Crippen molar-refractivity contribution in [2.45, 2.75) is 20.3 Å². The second-order valence-corrected chi connectivity index (χ2v) is 5.34. The number of carbonyl (C=O) groups is 2. The third-order valence-corrected chi connectivity index (χ3v) is 0.714. The topological polar surface area (TPSA) is 34.1 Å². The predicted molar refractivity (Wildman–Crippen MR) is 32.6 cm³/mol. The Morgan fingerprint density at radius 1 is 1.00 bits per heavy atom. The Kier molecular flexibility index (Phi) is 4.15. The zero-order valence-corrected chi connectivity index (χ0v) is 8.66. The van der Waals surface area contributed by atoms with Crippen LogP contribution in [0.1, 0.15) is 20.3 Å². The van der Waals surface area contributed by atoms with Crippen LogP contribution >= 0.6 is 0 Å². The number of hydrogen-bond donors (Lipinski definition) is 0. The third-order valence-electron chi connectivity index (χ3n) is 0.714. The molecule has 9 heteroatoms. The summed E-state index contributed by atoms with van der Waals surface area (Å²) in [6.45, 7) is 2.95. The summed E-state index contributed by atoms with van der Waals surface area (Å²) in [6, 6.07) is 0. The van der Waals surface area contributed by atoms with Crippen LogP contribution in [0.4, 0.5) is 19.3 Å². The van der Waals surface area contributed by atoms with Crippen molar-refractivity contribution in [3.8, 4) is 0 Å². The molecule has 0 saturated carbocycles. The van der Waals surface area contributed by atoms with Crippen LogP contribution in [0, 0.1) is 0 Å². The van der Waals surface area contributed by atoms with E-state index in [1.54, 1.807) is 6.92 Å². The molecular formula is C5H8F6O2Pd. The summed E-state index contributed by atoms with van der Waals surface area (Å²) in [5.41, 5.74) is 0. The van der Waals surface area contributed by atoms with E-state index in [4.69, 9.17) is 0 Å². The molecule has 0 bridgehead atoms. The van der Waals surface area contributed by atoms with E-state index in [0.29, 0.717) is 6.42 Å². The van der Waals surface area contributed by atoms with Crippen molar-refractivity contribution in [2.75, 3.05) is 0 Å². The fourth-order valence-corrected chi connectivity index (χ4v) is 0.249. The van der Waals surface area contributed by atoms with Gasteiger partial charge in [-0.15, -0.1) is 0 Å². The second-order valence-electron chi connectivity index (χ2n) is 2.01. The first-order chi connectivity index (χ1) is 5.63. The molecule has 0 saturated heterocycles. The van der Waals surface area contributed by atoms with Crippen LogP contribution in [0.2, 0.25) is 0 Å². The van der Waals surface area contributed by atoms with Gasteiger partial charge in [-0.05, 0) is 0 Å². The molecular weight excluding hydrogens is 312 g/mol. The molecule has 0 aliphatic heterocycles. The summed E-state index contributed by atoms with van der Waals surface area (Å²) in [4.78, 5) is 20.2. The van der Waals surface area contributed by atoms with Gasteiger partial charge in [0.05, 0.1) is 0 Å². The van der Waals surface area contributed by atoms with E-state index in [1.807, 2.05) is 0 Å². The summed E-state index contributed by atoms with van der Waals surface area (Å²) >= 11 is -10.9. The van der Waals surface area contributed by atoms with Gasteiger partial charge in [-0.25, -0.2) is 0 Å². The van der Waals surface area contributed by atoms with E-state index < -0.39 is 16.2 Å². The fraction of sp³-hybridized carbons (Fsp3) is 0.600. The first-order valence-corrected chi connectivity index (χ1v) is 6.46. The standard InChI is InChI=1S/C5H8O2.6FH.Pd/c1-3-5(7)4(2)6;;;;;;;/h3H2,1-2H3;6*1H;/q;;;;;;;+6/p-6. The average Bonchev–Trinajstić information content (AvgIpc) is 1.78. The fourth-order valence-electron chi connectivity index (χ4n) is 0.249. The molecule has 0 atom stereocenters. The molecule has 0 rings (SSSR count). The van der Waals surface area contributed by atoms with Crippen LogP contribution in [0.25, 0.3) is 0 Å². The van der Waals surface area contributed by atoms with Gasteiger partial charge < -0.3 is 0 Å². The van der Waals surface area contributed by atoms with Crippen LogP contribution in [0.15, 0.2) is 0 Å². The van der Waals surface area contributed by atoms with Crippen LogP contribution in [0.3, 0.4) is 0 Å². The summed E-state index contributed by atoms with van der Waals surface area (Å²) in [5.74, 6) is -0.637. The third kappa shape index (κ3) is 41.6. The normalized spacial score (nSPS) is 15.7. The Morgan fingerprint density at radius 3 is 1.21 bits per heavy atom. The molecule has 14 heavy (non-hydrogen) atoms. The quantitative estimate of drug-likeness (QED) is 0.445. The van der Waals surface area contributed by atoms with Gasteiger partial charge >= 0.3 is 35.5 Å². The van der Waals surface area contributed by atoms with E-state index in [0.717, 1.165) is 0 Å². The van der Waals surface area contributed by atoms with Crippen molar-refractivity contribution < 1.29 is 45.1 Å². The minimum absolute atomic E-state index is 0.292.